The molecule has 0 aliphatic heterocycles. The van der Waals surface area contributed by atoms with Crippen LogP contribution in [0, 0.1) is 17.1 Å². The molecule has 3 nitrogen and oxygen atoms in total. The maximum absolute atomic E-state index is 13.9. The van der Waals surface area contributed by atoms with Crippen LogP contribution in [0.1, 0.15) is 24.2 Å². The molecule has 0 bridgehead atoms. The van der Waals surface area contributed by atoms with Gasteiger partial charge in [0.1, 0.15) is 5.82 Å². The SMILES string of the molecule is C[C@H](O)c1c(F)cccc1N(C)c1ccc(C#N)cc1. The van der Waals surface area contributed by atoms with Crippen molar-refractivity contribution in [3.8, 4) is 6.07 Å². The molecule has 0 unspecified atom stereocenters. The minimum absolute atomic E-state index is 0.263. The Balaban J connectivity index is 2.45. The molecule has 4 heteroatoms. The van der Waals surface area contributed by atoms with Crippen molar-refractivity contribution in [1.82, 2.24) is 0 Å². The van der Waals surface area contributed by atoms with Crippen molar-refractivity contribution in [1.29, 1.82) is 5.26 Å². The Bertz CT molecular complexity index is 645. The van der Waals surface area contributed by atoms with Gasteiger partial charge in [0.25, 0.3) is 0 Å². The molecule has 0 spiro atoms. The molecule has 2 aromatic carbocycles. The first kappa shape index (κ1) is 14.0. The molecule has 0 aliphatic rings. The number of halogens is 1. The van der Waals surface area contributed by atoms with E-state index in [1.807, 2.05) is 0 Å². The summed E-state index contributed by atoms with van der Waals surface area (Å²) in [6.07, 6.45) is -0.896. The molecule has 2 rings (SSSR count). The number of benzene rings is 2. The maximum atomic E-state index is 13.9. The van der Waals surface area contributed by atoms with Crippen molar-refractivity contribution in [3.63, 3.8) is 0 Å². The minimum Gasteiger partial charge on any atom is -0.389 e. The van der Waals surface area contributed by atoms with Gasteiger partial charge in [0, 0.05) is 24.0 Å². The highest BCUT2D eigenvalue weighted by Crippen LogP contribution is 2.32. The van der Waals surface area contributed by atoms with Crippen LogP contribution in [0.2, 0.25) is 0 Å². The molecule has 0 amide bonds. The number of hydrogen-bond acceptors (Lipinski definition) is 3. The van der Waals surface area contributed by atoms with Crippen LogP contribution in [0.4, 0.5) is 15.8 Å². The number of aliphatic hydroxyl groups is 1. The quantitative estimate of drug-likeness (QED) is 0.928. The Kier molecular flexibility index (Phi) is 4.02. The Morgan fingerprint density at radius 1 is 1.20 bits per heavy atom. The van der Waals surface area contributed by atoms with Crippen molar-refractivity contribution in [2.75, 3.05) is 11.9 Å². The molecule has 20 heavy (non-hydrogen) atoms. The lowest BCUT2D eigenvalue weighted by molar-refractivity contribution is 0.194. The summed E-state index contributed by atoms with van der Waals surface area (Å²) in [4.78, 5) is 1.78. The lowest BCUT2D eigenvalue weighted by Crippen LogP contribution is -2.14. The van der Waals surface area contributed by atoms with Gasteiger partial charge >= 0.3 is 0 Å². The fourth-order valence-corrected chi connectivity index (χ4v) is 2.13. The van der Waals surface area contributed by atoms with Gasteiger partial charge in [-0.2, -0.15) is 5.26 Å². The zero-order valence-corrected chi connectivity index (χ0v) is 11.3. The first-order valence-corrected chi connectivity index (χ1v) is 6.25. The van der Waals surface area contributed by atoms with Gasteiger partial charge in [0.15, 0.2) is 0 Å². The second kappa shape index (κ2) is 5.72. The van der Waals surface area contributed by atoms with Crippen molar-refractivity contribution >= 4 is 11.4 Å². The second-order valence-corrected chi connectivity index (χ2v) is 4.57. The standard InChI is InChI=1S/C16H15FN2O/c1-11(20)16-14(17)4-3-5-15(16)19(2)13-8-6-12(10-18)7-9-13/h3-9,11,20H,1-2H3/t11-/m0/s1. The van der Waals surface area contributed by atoms with Crippen LogP contribution in [-0.4, -0.2) is 12.2 Å². The molecule has 0 saturated heterocycles. The molecule has 0 saturated carbocycles. The topological polar surface area (TPSA) is 47.3 Å². The van der Waals surface area contributed by atoms with Crippen molar-refractivity contribution in [2.24, 2.45) is 0 Å². The molecule has 0 aliphatic carbocycles. The Hall–Kier alpha value is -2.38. The smallest absolute Gasteiger partial charge is 0.131 e. The van der Waals surface area contributed by atoms with Gasteiger partial charge in [-0.25, -0.2) is 4.39 Å². The van der Waals surface area contributed by atoms with Crippen LogP contribution in [-0.2, 0) is 0 Å². The van der Waals surface area contributed by atoms with Gasteiger partial charge < -0.3 is 10.0 Å². The van der Waals surface area contributed by atoms with E-state index in [-0.39, 0.29) is 5.56 Å². The van der Waals surface area contributed by atoms with E-state index in [2.05, 4.69) is 6.07 Å². The van der Waals surface area contributed by atoms with Gasteiger partial charge in [-0.3, -0.25) is 0 Å². The van der Waals surface area contributed by atoms with Gasteiger partial charge in [-0.15, -0.1) is 0 Å². The van der Waals surface area contributed by atoms with Gasteiger partial charge in [0.05, 0.1) is 17.7 Å². The average Bonchev–Trinajstić information content (AvgIpc) is 2.46. The highest BCUT2D eigenvalue weighted by atomic mass is 19.1. The van der Waals surface area contributed by atoms with E-state index in [0.717, 1.165) is 5.69 Å². The van der Waals surface area contributed by atoms with Crippen LogP contribution in [0.25, 0.3) is 0 Å². The third kappa shape index (κ3) is 2.63. The number of nitriles is 1. The van der Waals surface area contributed by atoms with E-state index in [1.54, 1.807) is 48.3 Å². The van der Waals surface area contributed by atoms with Crippen molar-refractivity contribution < 1.29 is 9.50 Å². The largest absolute Gasteiger partial charge is 0.389 e. The van der Waals surface area contributed by atoms with Crippen molar-refractivity contribution in [3.05, 3.63) is 59.4 Å². The Labute approximate surface area is 117 Å². The maximum Gasteiger partial charge on any atom is 0.131 e. The molecular formula is C16H15FN2O. The number of aliphatic hydroxyl groups excluding tert-OH is 1. The summed E-state index contributed by atoms with van der Waals surface area (Å²) in [6, 6.07) is 13.7. The number of hydrogen-bond donors (Lipinski definition) is 1. The van der Waals surface area contributed by atoms with E-state index in [1.165, 1.54) is 13.0 Å². The zero-order chi connectivity index (χ0) is 14.7. The first-order chi connectivity index (χ1) is 9.54. The summed E-state index contributed by atoms with van der Waals surface area (Å²) in [5, 5.41) is 18.5. The second-order valence-electron chi connectivity index (χ2n) is 4.57. The van der Waals surface area contributed by atoms with E-state index in [9.17, 15) is 9.50 Å². The van der Waals surface area contributed by atoms with Gasteiger partial charge in [-0.1, -0.05) is 6.07 Å². The average molecular weight is 270 g/mol. The molecule has 1 N–H and O–H groups in total. The third-order valence-electron chi connectivity index (χ3n) is 3.19. The normalized spacial score (nSPS) is 11.8. The molecule has 0 fully saturated rings. The van der Waals surface area contributed by atoms with Crippen LogP contribution in [0.3, 0.4) is 0 Å². The number of rotatable bonds is 3. The summed E-state index contributed by atoms with van der Waals surface area (Å²) in [5.74, 6) is -0.432. The lowest BCUT2D eigenvalue weighted by Gasteiger charge is -2.24. The summed E-state index contributed by atoms with van der Waals surface area (Å²) in [7, 11) is 1.79. The van der Waals surface area contributed by atoms with E-state index >= 15 is 0 Å². The van der Waals surface area contributed by atoms with Crippen LogP contribution < -0.4 is 4.90 Å². The molecular weight excluding hydrogens is 255 g/mol. The van der Waals surface area contributed by atoms with E-state index in [0.29, 0.717) is 11.3 Å². The number of anilines is 2. The molecule has 0 radical (unpaired) electrons. The van der Waals surface area contributed by atoms with E-state index in [4.69, 9.17) is 5.26 Å². The third-order valence-corrected chi connectivity index (χ3v) is 3.19. The number of nitrogens with zero attached hydrogens (tertiary/aromatic N) is 2. The van der Waals surface area contributed by atoms with Crippen LogP contribution >= 0.6 is 0 Å². The molecule has 2 aromatic rings. The fourth-order valence-electron chi connectivity index (χ4n) is 2.13. The fraction of sp³-hybridized carbons (Fsp3) is 0.188. The summed E-state index contributed by atoms with van der Waals surface area (Å²) in [6.45, 7) is 1.54. The zero-order valence-electron chi connectivity index (χ0n) is 11.3. The van der Waals surface area contributed by atoms with Crippen LogP contribution in [0.15, 0.2) is 42.5 Å². The van der Waals surface area contributed by atoms with Gasteiger partial charge in [0.2, 0.25) is 0 Å². The summed E-state index contributed by atoms with van der Waals surface area (Å²) >= 11 is 0. The molecule has 0 aromatic heterocycles. The highest BCUT2D eigenvalue weighted by molar-refractivity contribution is 5.67. The monoisotopic (exact) mass is 270 g/mol. The predicted molar refractivity (Wildman–Crippen MR) is 76.3 cm³/mol. The van der Waals surface area contributed by atoms with Crippen LogP contribution in [0.5, 0.6) is 0 Å². The molecule has 0 heterocycles. The van der Waals surface area contributed by atoms with E-state index < -0.39 is 11.9 Å². The predicted octanol–water partition coefficient (Wildman–Crippen LogP) is 3.52. The molecule has 102 valence electrons. The lowest BCUT2D eigenvalue weighted by atomic mass is 10.1. The van der Waals surface area contributed by atoms with Gasteiger partial charge in [-0.05, 0) is 43.3 Å². The summed E-state index contributed by atoms with van der Waals surface area (Å²) in [5.41, 5.74) is 2.25. The first-order valence-electron chi connectivity index (χ1n) is 6.25. The highest BCUT2D eigenvalue weighted by Gasteiger charge is 2.17. The van der Waals surface area contributed by atoms with Crippen molar-refractivity contribution in [2.45, 2.75) is 13.0 Å². The minimum atomic E-state index is -0.896. The Morgan fingerprint density at radius 3 is 2.40 bits per heavy atom. The summed E-state index contributed by atoms with van der Waals surface area (Å²) < 4.78 is 13.9. The molecule has 1 atom stereocenters. The Morgan fingerprint density at radius 2 is 1.85 bits per heavy atom.